The zero-order valence-corrected chi connectivity index (χ0v) is 11.9. The van der Waals surface area contributed by atoms with Gasteiger partial charge in [0.25, 0.3) is 0 Å². The van der Waals surface area contributed by atoms with Gasteiger partial charge >= 0.3 is 0 Å². The molecule has 0 amide bonds. The minimum absolute atomic E-state index is 0.157. The van der Waals surface area contributed by atoms with Crippen LogP contribution < -0.4 is 5.73 Å². The quantitative estimate of drug-likeness (QED) is 0.869. The van der Waals surface area contributed by atoms with Crippen LogP contribution in [0.4, 0.5) is 0 Å². The van der Waals surface area contributed by atoms with Crippen molar-refractivity contribution in [2.75, 3.05) is 0 Å². The molecule has 2 rings (SSSR count). The second kappa shape index (κ2) is 6.37. The molecule has 3 nitrogen and oxygen atoms in total. The molecular formula is C15H27N3. The fraction of sp³-hybridized carbons (Fsp3) is 0.800. The summed E-state index contributed by atoms with van der Waals surface area (Å²) >= 11 is 0. The Bertz CT molecular complexity index is 364. The summed E-state index contributed by atoms with van der Waals surface area (Å²) in [6.45, 7) is 2.14. The van der Waals surface area contributed by atoms with Crippen molar-refractivity contribution in [3.8, 4) is 0 Å². The molecule has 1 heterocycles. The fourth-order valence-corrected chi connectivity index (χ4v) is 3.10. The highest BCUT2D eigenvalue weighted by molar-refractivity contribution is 5.13. The average Bonchev–Trinajstić information content (AvgIpc) is 2.78. The van der Waals surface area contributed by atoms with E-state index in [0.717, 1.165) is 24.5 Å². The van der Waals surface area contributed by atoms with Crippen molar-refractivity contribution in [1.29, 1.82) is 0 Å². The van der Waals surface area contributed by atoms with Crippen LogP contribution in [0.5, 0.6) is 0 Å². The lowest BCUT2D eigenvalue weighted by atomic mass is 9.85. The molecule has 0 aliphatic heterocycles. The molecule has 1 aliphatic rings. The van der Waals surface area contributed by atoms with E-state index in [1.807, 2.05) is 11.7 Å². The van der Waals surface area contributed by atoms with E-state index in [0.29, 0.717) is 0 Å². The van der Waals surface area contributed by atoms with Gasteiger partial charge in [-0.05, 0) is 31.2 Å². The molecule has 0 saturated heterocycles. The molecule has 1 unspecified atom stereocenters. The molecule has 1 saturated carbocycles. The minimum Gasteiger partial charge on any atom is -0.323 e. The monoisotopic (exact) mass is 249 g/mol. The SMILES string of the molecule is CCc1cc(C(N)CCC2CCCCC2)n(C)n1. The Hall–Kier alpha value is -0.830. The van der Waals surface area contributed by atoms with Crippen molar-refractivity contribution in [2.24, 2.45) is 18.7 Å². The minimum atomic E-state index is 0.157. The van der Waals surface area contributed by atoms with Crippen LogP contribution in [0.1, 0.15) is 69.3 Å². The van der Waals surface area contributed by atoms with Crippen molar-refractivity contribution in [1.82, 2.24) is 9.78 Å². The summed E-state index contributed by atoms with van der Waals surface area (Å²) < 4.78 is 1.96. The van der Waals surface area contributed by atoms with Gasteiger partial charge in [0.1, 0.15) is 0 Å². The summed E-state index contributed by atoms with van der Waals surface area (Å²) in [6, 6.07) is 2.33. The molecule has 0 bridgehead atoms. The molecule has 1 aromatic rings. The van der Waals surface area contributed by atoms with Gasteiger partial charge < -0.3 is 5.73 Å². The number of nitrogens with zero attached hydrogens (tertiary/aromatic N) is 2. The zero-order valence-electron chi connectivity index (χ0n) is 11.9. The molecule has 2 N–H and O–H groups in total. The number of nitrogens with two attached hydrogens (primary N) is 1. The maximum Gasteiger partial charge on any atom is 0.0625 e. The van der Waals surface area contributed by atoms with Crippen molar-refractivity contribution in [3.63, 3.8) is 0 Å². The Morgan fingerprint density at radius 2 is 2.11 bits per heavy atom. The lowest BCUT2D eigenvalue weighted by molar-refractivity contribution is 0.322. The summed E-state index contributed by atoms with van der Waals surface area (Å²) in [5, 5.41) is 4.48. The Balaban J connectivity index is 1.86. The lowest BCUT2D eigenvalue weighted by Crippen LogP contribution is -2.16. The largest absolute Gasteiger partial charge is 0.323 e. The van der Waals surface area contributed by atoms with Crippen LogP contribution in [-0.2, 0) is 13.5 Å². The number of hydrogen-bond acceptors (Lipinski definition) is 2. The summed E-state index contributed by atoms with van der Waals surface area (Å²) in [5.41, 5.74) is 8.67. The normalized spacial score (nSPS) is 19.1. The molecular weight excluding hydrogens is 222 g/mol. The van der Waals surface area contributed by atoms with Crippen LogP contribution in [0.2, 0.25) is 0 Å². The average molecular weight is 249 g/mol. The van der Waals surface area contributed by atoms with E-state index in [9.17, 15) is 0 Å². The van der Waals surface area contributed by atoms with E-state index < -0.39 is 0 Å². The smallest absolute Gasteiger partial charge is 0.0625 e. The first-order valence-corrected chi connectivity index (χ1v) is 7.49. The van der Waals surface area contributed by atoms with Gasteiger partial charge in [-0.15, -0.1) is 0 Å². The standard InChI is InChI=1S/C15H27N3/c1-3-13-11-15(18(2)17-13)14(16)10-9-12-7-5-4-6-8-12/h11-12,14H,3-10,16H2,1-2H3. The van der Waals surface area contributed by atoms with Gasteiger partial charge in [-0.1, -0.05) is 39.0 Å². The third-order valence-electron chi connectivity index (χ3n) is 4.32. The fourth-order valence-electron chi connectivity index (χ4n) is 3.10. The van der Waals surface area contributed by atoms with Crippen LogP contribution in [0.15, 0.2) is 6.07 Å². The first-order chi connectivity index (χ1) is 8.70. The van der Waals surface area contributed by atoms with E-state index in [-0.39, 0.29) is 6.04 Å². The lowest BCUT2D eigenvalue weighted by Gasteiger charge is -2.22. The van der Waals surface area contributed by atoms with Gasteiger partial charge in [-0.25, -0.2) is 0 Å². The highest BCUT2D eigenvalue weighted by Gasteiger charge is 2.17. The van der Waals surface area contributed by atoms with E-state index in [4.69, 9.17) is 5.73 Å². The number of aryl methyl sites for hydroxylation is 2. The Kier molecular flexibility index (Phi) is 4.81. The Morgan fingerprint density at radius 1 is 1.39 bits per heavy atom. The summed E-state index contributed by atoms with van der Waals surface area (Å²) in [6.07, 6.45) is 10.5. The predicted molar refractivity (Wildman–Crippen MR) is 75.3 cm³/mol. The van der Waals surface area contributed by atoms with Crippen LogP contribution in [0, 0.1) is 5.92 Å². The van der Waals surface area contributed by atoms with Gasteiger partial charge in [0.2, 0.25) is 0 Å². The van der Waals surface area contributed by atoms with Gasteiger partial charge in [0, 0.05) is 13.1 Å². The number of hydrogen-bond donors (Lipinski definition) is 1. The molecule has 1 atom stereocenters. The molecule has 0 radical (unpaired) electrons. The summed E-state index contributed by atoms with van der Waals surface area (Å²) in [7, 11) is 2.01. The van der Waals surface area contributed by atoms with Gasteiger partial charge in [-0.2, -0.15) is 5.10 Å². The Morgan fingerprint density at radius 3 is 2.72 bits per heavy atom. The first-order valence-electron chi connectivity index (χ1n) is 7.49. The molecule has 1 aliphatic carbocycles. The van der Waals surface area contributed by atoms with Crippen molar-refractivity contribution in [2.45, 2.75) is 64.3 Å². The maximum absolute atomic E-state index is 6.32. The molecule has 102 valence electrons. The van der Waals surface area contributed by atoms with E-state index in [1.54, 1.807) is 0 Å². The van der Waals surface area contributed by atoms with Crippen LogP contribution >= 0.6 is 0 Å². The topological polar surface area (TPSA) is 43.8 Å². The highest BCUT2D eigenvalue weighted by Crippen LogP contribution is 2.29. The zero-order chi connectivity index (χ0) is 13.0. The van der Waals surface area contributed by atoms with E-state index in [2.05, 4.69) is 18.1 Å². The van der Waals surface area contributed by atoms with Crippen LogP contribution in [0.3, 0.4) is 0 Å². The number of rotatable bonds is 5. The molecule has 18 heavy (non-hydrogen) atoms. The third-order valence-corrected chi connectivity index (χ3v) is 4.32. The van der Waals surface area contributed by atoms with E-state index >= 15 is 0 Å². The van der Waals surface area contributed by atoms with Gasteiger partial charge in [0.15, 0.2) is 0 Å². The van der Waals surface area contributed by atoms with Gasteiger partial charge in [-0.3, -0.25) is 4.68 Å². The molecule has 3 heteroatoms. The van der Waals surface area contributed by atoms with E-state index in [1.165, 1.54) is 44.2 Å². The molecule has 1 fully saturated rings. The second-order valence-corrected chi connectivity index (χ2v) is 5.73. The molecule has 0 spiro atoms. The van der Waals surface area contributed by atoms with Crippen molar-refractivity contribution >= 4 is 0 Å². The second-order valence-electron chi connectivity index (χ2n) is 5.73. The third kappa shape index (κ3) is 3.35. The highest BCUT2D eigenvalue weighted by atomic mass is 15.3. The predicted octanol–water partition coefficient (Wildman–Crippen LogP) is 3.34. The van der Waals surface area contributed by atoms with Crippen LogP contribution in [-0.4, -0.2) is 9.78 Å². The number of aromatic nitrogens is 2. The molecule has 0 aromatic carbocycles. The van der Waals surface area contributed by atoms with Crippen molar-refractivity contribution < 1.29 is 0 Å². The maximum atomic E-state index is 6.32. The molecule has 1 aromatic heterocycles. The van der Waals surface area contributed by atoms with Gasteiger partial charge in [0.05, 0.1) is 11.4 Å². The summed E-state index contributed by atoms with van der Waals surface area (Å²) in [5.74, 6) is 0.920. The van der Waals surface area contributed by atoms with Crippen molar-refractivity contribution in [3.05, 3.63) is 17.5 Å². The first kappa shape index (κ1) is 13.6. The Labute approximate surface area is 111 Å². The summed E-state index contributed by atoms with van der Waals surface area (Å²) in [4.78, 5) is 0. The van der Waals surface area contributed by atoms with Crippen LogP contribution in [0.25, 0.3) is 0 Å².